The summed E-state index contributed by atoms with van der Waals surface area (Å²) in [6.07, 6.45) is 2.07. The van der Waals surface area contributed by atoms with Crippen LogP contribution in [0.5, 0.6) is 0 Å². The van der Waals surface area contributed by atoms with Gasteiger partial charge in [0.05, 0.1) is 5.56 Å². The third-order valence-corrected chi connectivity index (χ3v) is 4.49. The summed E-state index contributed by atoms with van der Waals surface area (Å²) >= 11 is 3.13. The summed E-state index contributed by atoms with van der Waals surface area (Å²) in [7, 11) is 0. The lowest BCUT2D eigenvalue weighted by Gasteiger charge is -2.37. The molecule has 4 nitrogen and oxygen atoms in total. The largest absolute Gasteiger partial charge is 0.480 e. The number of rotatable bonds is 3. The fraction of sp³-hybridized carbons (Fsp3) is 0.467. The maximum absolute atomic E-state index is 13.9. The highest BCUT2D eigenvalue weighted by atomic mass is 79.9. The Kier molecular flexibility index (Phi) is 4.98. The van der Waals surface area contributed by atoms with Crippen LogP contribution in [0.3, 0.4) is 0 Å². The molecule has 6 heteroatoms. The van der Waals surface area contributed by atoms with Crippen molar-refractivity contribution < 1.29 is 19.1 Å². The first-order chi connectivity index (χ1) is 9.93. The number of carboxylic acid groups (broad SMARTS) is 1. The highest BCUT2D eigenvalue weighted by molar-refractivity contribution is 9.10. The molecule has 114 valence electrons. The predicted molar refractivity (Wildman–Crippen MR) is 79.6 cm³/mol. The Hall–Kier alpha value is -1.43. The lowest BCUT2D eigenvalue weighted by atomic mass is 9.88. The number of amides is 1. The number of carbonyl (C=O) groups excluding carboxylic acids is 1. The second-order valence-corrected chi connectivity index (χ2v) is 6.19. The highest BCUT2D eigenvalue weighted by Crippen LogP contribution is 2.28. The minimum atomic E-state index is -1.03. The molecule has 1 aromatic rings. The average molecular weight is 358 g/mol. The summed E-state index contributed by atoms with van der Waals surface area (Å²) in [6.45, 7) is 2.36. The number of likely N-dealkylation sites (tertiary alicyclic amines) is 1. The molecule has 1 amide bonds. The van der Waals surface area contributed by atoms with Crippen LogP contribution in [0.25, 0.3) is 0 Å². The molecular weight excluding hydrogens is 341 g/mol. The van der Waals surface area contributed by atoms with Crippen LogP contribution in [0.2, 0.25) is 0 Å². The average Bonchev–Trinajstić information content (AvgIpc) is 2.46. The van der Waals surface area contributed by atoms with Gasteiger partial charge in [-0.15, -0.1) is 0 Å². The topological polar surface area (TPSA) is 57.6 Å². The quantitative estimate of drug-likeness (QED) is 0.902. The van der Waals surface area contributed by atoms with E-state index < -0.39 is 23.7 Å². The monoisotopic (exact) mass is 357 g/mol. The van der Waals surface area contributed by atoms with Crippen LogP contribution < -0.4 is 0 Å². The number of hydrogen-bond donors (Lipinski definition) is 1. The van der Waals surface area contributed by atoms with E-state index in [4.69, 9.17) is 0 Å². The molecule has 2 rings (SSSR count). The zero-order chi connectivity index (χ0) is 15.6. The smallest absolute Gasteiger partial charge is 0.326 e. The van der Waals surface area contributed by atoms with Crippen molar-refractivity contribution in [1.82, 2.24) is 4.90 Å². The van der Waals surface area contributed by atoms with E-state index >= 15 is 0 Å². The van der Waals surface area contributed by atoms with Crippen molar-refractivity contribution in [2.45, 2.75) is 32.2 Å². The van der Waals surface area contributed by atoms with E-state index in [1.165, 1.54) is 17.0 Å². The van der Waals surface area contributed by atoms with Crippen molar-refractivity contribution in [3.63, 3.8) is 0 Å². The highest BCUT2D eigenvalue weighted by Gasteiger charge is 2.36. The zero-order valence-corrected chi connectivity index (χ0v) is 13.3. The van der Waals surface area contributed by atoms with Gasteiger partial charge in [0.15, 0.2) is 0 Å². The van der Waals surface area contributed by atoms with Gasteiger partial charge in [0, 0.05) is 11.0 Å². The van der Waals surface area contributed by atoms with Crippen LogP contribution in [0, 0.1) is 11.7 Å². The number of nitrogens with zero attached hydrogens (tertiary/aromatic N) is 1. The van der Waals surface area contributed by atoms with Gasteiger partial charge in [-0.1, -0.05) is 29.3 Å². The van der Waals surface area contributed by atoms with E-state index in [2.05, 4.69) is 15.9 Å². The zero-order valence-electron chi connectivity index (χ0n) is 11.7. The fourth-order valence-corrected chi connectivity index (χ4v) is 3.04. The first kappa shape index (κ1) is 15.9. The molecule has 0 radical (unpaired) electrons. The molecule has 0 aliphatic carbocycles. The van der Waals surface area contributed by atoms with Crippen LogP contribution in [0.4, 0.5) is 4.39 Å². The molecule has 0 bridgehead atoms. The molecule has 1 aliphatic heterocycles. The van der Waals surface area contributed by atoms with E-state index in [9.17, 15) is 19.1 Å². The minimum absolute atomic E-state index is 0.0839. The maximum atomic E-state index is 13.9. The van der Waals surface area contributed by atoms with Gasteiger partial charge in [-0.05, 0) is 37.0 Å². The minimum Gasteiger partial charge on any atom is -0.480 e. The number of carboxylic acids is 1. The van der Waals surface area contributed by atoms with E-state index in [1.54, 1.807) is 6.07 Å². The summed E-state index contributed by atoms with van der Waals surface area (Å²) < 4.78 is 14.4. The van der Waals surface area contributed by atoms with E-state index in [0.717, 1.165) is 12.8 Å². The number of hydrogen-bond acceptors (Lipinski definition) is 2. The van der Waals surface area contributed by atoms with Gasteiger partial charge in [0.2, 0.25) is 0 Å². The number of benzene rings is 1. The molecule has 1 N–H and O–H groups in total. The van der Waals surface area contributed by atoms with Gasteiger partial charge >= 0.3 is 5.97 Å². The second kappa shape index (κ2) is 6.56. The molecule has 0 aromatic heterocycles. The number of carbonyl (C=O) groups is 2. The number of halogens is 2. The second-order valence-electron chi connectivity index (χ2n) is 5.28. The molecule has 0 saturated carbocycles. The predicted octanol–water partition coefficient (Wildman–Crippen LogP) is 3.30. The summed E-state index contributed by atoms with van der Waals surface area (Å²) in [4.78, 5) is 25.1. The Balaban J connectivity index is 2.26. The first-order valence-electron chi connectivity index (χ1n) is 6.92. The molecule has 1 heterocycles. The van der Waals surface area contributed by atoms with E-state index in [1.807, 2.05) is 6.92 Å². The van der Waals surface area contributed by atoms with Crippen LogP contribution >= 0.6 is 15.9 Å². The van der Waals surface area contributed by atoms with E-state index in [0.29, 0.717) is 23.4 Å². The van der Waals surface area contributed by atoms with Crippen LogP contribution in [-0.4, -0.2) is 34.5 Å². The normalized spacial score (nSPS) is 22.1. The van der Waals surface area contributed by atoms with Gasteiger partial charge in [-0.25, -0.2) is 9.18 Å². The van der Waals surface area contributed by atoms with Crippen molar-refractivity contribution in [1.29, 1.82) is 0 Å². The molecule has 21 heavy (non-hydrogen) atoms. The molecular formula is C15H17BrFNO3. The maximum Gasteiger partial charge on any atom is 0.326 e. The summed E-state index contributed by atoms with van der Waals surface area (Å²) in [5.74, 6) is -1.93. The van der Waals surface area contributed by atoms with Crippen molar-refractivity contribution in [2.24, 2.45) is 5.92 Å². The Morgan fingerprint density at radius 2 is 2.19 bits per heavy atom. The van der Waals surface area contributed by atoms with E-state index in [-0.39, 0.29) is 5.56 Å². The molecule has 1 fully saturated rings. The Bertz CT molecular complexity index is 564. The molecule has 1 aliphatic rings. The van der Waals surface area contributed by atoms with Crippen molar-refractivity contribution in [2.75, 3.05) is 6.54 Å². The lowest BCUT2D eigenvalue weighted by Crippen LogP contribution is -2.50. The summed E-state index contributed by atoms with van der Waals surface area (Å²) in [5.41, 5.74) is -0.0839. The molecule has 1 saturated heterocycles. The molecule has 1 aromatic carbocycles. The Morgan fingerprint density at radius 3 is 2.76 bits per heavy atom. The third-order valence-electron chi connectivity index (χ3n) is 4.00. The molecule has 2 atom stereocenters. The SMILES string of the molecule is CCC1CCN(C(=O)c2ccc(Br)cc2F)C(C(=O)O)C1. The van der Waals surface area contributed by atoms with Crippen molar-refractivity contribution >= 4 is 27.8 Å². The van der Waals surface area contributed by atoms with Gasteiger partial charge in [0.1, 0.15) is 11.9 Å². The van der Waals surface area contributed by atoms with Gasteiger partial charge < -0.3 is 10.0 Å². The van der Waals surface area contributed by atoms with Crippen LogP contribution in [0.1, 0.15) is 36.5 Å². The molecule has 2 unspecified atom stereocenters. The first-order valence-corrected chi connectivity index (χ1v) is 7.72. The molecule has 0 spiro atoms. The summed E-state index contributed by atoms with van der Waals surface area (Å²) in [5, 5.41) is 9.34. The van der Waals surface area contributed by atoms with Crippen LogP contribution in [-0.2, 0) is 4.79 Å². The van der Waals surface area contributed by atoms with Crippen molar-refractivity contribution in [3.05, 3.63) is 34.1 Å². The van der Waals surface area contributed by atoms with Crippen molar-refractivity contribution in [3.8, 4) is 0 Å². The Morgan fingerprint density at radius 1 is 1.48 bits per heavy atom. The fourth-order valence-electron chi connectivity index (χ4n) is 2.70. The summed E-state index contributed by atoms with van der Waals surface area (Å²) in [6, 6.07) is 3.29. The van der Waals surface area contributed by atoms with Gasteiger partial charge in [0.25, 0.3) is 5.91 Å². The van der Waals surface area contributed by atoms with Gasteiger partial charge in [-0.2, -0.15) is 0 Å². The standard InChI is InChI=1S/C15H17BrFNO3/c1-2-9-5-6-18(13(7-9)15(20)21)14(19)11-4-3-10(16)8-12(11)17/h3-4,8-9,13H,2,5-7H2,1H3,(H,20,21). The number of piperidine rings is 1. The number of aliphatic carboxylic acids is 1. The third kappa shape index (κ3) is 3.43. The van der Waals surface area contributed by atoms with Crippen LogP contribution in [0.15, 0.2) is 22.7 Å². The lowest BCUT2D eigenvalue weighted by molar-refractivity contribution is -0.144. The Labute approximate surface area is 131 Å². The van der Waals surface area contributed by atoms with Gasteiger partial charge in [-0.3, -0.25) is 4.79 Å².